The second-order valence-corrected chi connectivity index (χ2v) is 4.80. The first kappa shape index (κ1) is 13.9. The number of nitrogens with one attached hydrogen (secondary N) is 1. The van der Waals surface area contributed by atoms with E-state index in [2.05, 4.69) is 15.3 Å². The highest BCUT2D eigenvalue weighted by atomic mass is 35.5. The van der Waals surface area contributed by atoms with Crippen molar-refractivity contribution in [3.63, 3.8) is 0 Å². The minimum Gasteiger partial charge on any atom is -0.311 e. The lowest BCUT2D eigenvalue weighted by atomic mass is 10.0. The summed E-state index contributed by atoms with van der Waals surface area (Å²) in [4.78, 5) is 8.53. The fourth-order valence-corrected chi connectivity index (χ4v) is 2.00. The van der Waals surface area contributed by atoms with Gasteiger partial charge >= 0.3 is 0 Å². The lowest BCUT2D eigenvalue weighted by molar-refractivity contribution is 0.543. The third-order valence-electron chi connectivity index (χ3n) is 2.95. The molecule has 2 aromatic rings. The zero-order chi connectivity index (χ0) is 13.8. The molecule has 0 fully saturated rings. The highest BCUT2D eigenvalue weighted by Gasteiger charge is 2.14. The van der Waals surface area contributed by atoms with Crippen molar-refractivity contribution >= 4 is 11.6 Å². The van der Waals surface area contributed by atoms with E-state index in [1.165, 1.54) is 6.07 Å². The molecule has 1 N–H and O–H groups in total. The van der Waals surface area contributed by atoms with E-state index in [0.29, 0.717) is 17.0 Å². The van der Waals surface area contributed by atoms with Crippen LogP contribution >= 0.6 is 11.6 Å². The van der Waals surface area contributed by atoms with E-state index in [0.717, 1.165) is 11.4 Å². The summed E-state index contributed by atoms with van der Waals surface area (Å²) in [5.74, 6) is -0.298. The second kappa shape index (κ2) is 6.08. The third-order valence-corrected chi connectivity index (χ3v) is 3.18. The van der Waals surface area contributed by atoms with Crippen molar-refractivity contribution in [1.82, 2.24) is 15.3 Å². The van der Waals surface area contributed by atoms with Gasteiger partial charge in [-0.05, 0) is 38.1 Å². The molecule has 0 aliphatic heterocycles. The molecule has 1 aromatic carbocycles. The van der Waals surface area contributed by atoms with Crippen LogP contribution in [0.5, 0.6) is 0 Å². The Kier molecular flexibility index (Phi) is 4.45. The molecule has 5 heteroatoms. The molecule has 0 saturated heterocycles. The number of aromatic nitrogens is 2. The molecule has 3 nitrogen and oxygen atoms in total. The molecule has 1 unspecified atom stereocenters. The maximum absolute atomic E-state index is 13.8. The lowest BCUT2D eigenvalue weighted by Gasteiger charge is -2.16. The first-order valence-corrected chi connectivity index (χ1v) is 6.37. The summed E-state index contributed by atoms with van der Waals surface area (Å²) in [7, 11) is 1.82. The summed E-state index contributed by atoms with van der Waals surface area (Å²) < 4.78 is 13.8. The van der Waals surface area contributed by atoms with Crippen molar-refractivity contribution < 1.29 is 4.39 Å². The molecule has 0 amide bonds. The molecule has 0 saturated carbocycles. The van der Waals surface area contributed by atoms with E-state index < -0.39 is 0 Å². The van der Waals surface area contributed by atoms with Crippen molar-refractivity contribution in [3.8, 4) is 0 Å². The van der Waals surface area contributed by atoms with Gasteiger partial charge in [0, 0.05) is 11.2 Å². The molecule has 0 bridgehead atoms. The number of hydrogen-bond donors (Lipinski definition) is 1. The molecule has 1 heterocycles. The minimum absolute atomic E-state index is 0.0798. The third kappa shape index (κ3) is 3.49. The molecule has 100 valence electrons. The maximum atomic E-state index is 13.8. The Balaban J connectivity index is 2.21. The minimum atomic E-state index is -0.298. The Hall–Kier alpha value is -1.52. The van der Waals surface area contributed by atoms with Crippen LogP contribution in [0.2, 0.25) is 5.02 Å². The number of rotatable bonds is 4. The zero-order valence-electron chi connectivity index (χ0n) is 10.8. The van der Waals surface area contributed by atoms with Crippen LogP contribution in [0.25, 0.3) is 0 Å². The molecule has 19 heavy (non-hydrogen) atoms. The summed E-state index contributed by atoms with van der Waals surface area (Å²) in [6.07, 6.45) is 3.92. The van der Waals surface area contributed by atoms with Gasteiger partial charge in [-0.15, -0.1) is 0 Å². The highest BCUT2D eigenvalue weighted by Crippen LogP contribution is 2.20. The van der Waals surface area contributed by atoms with Gasteiger partial charge in [0.25, 0.3) is 0 Å². The summed E-state index contributed by atoms with van der Waals surface area (Å²) in [6.45, 7) is 1.88. The van der Waals surface area contributed by atoms with Crippen molar-refractivity contribution in [2.45, 2.75) is 19.4 Å². The Morgan fingerprint density at radius 3 is 2.68 bits per heavy atom. The van der Waals surface area contributed by atoms with E-state index in [4.69, 9.17) is 11.6 Å². The molecule has 0 aliphatic carbocycles. The average Bonchev–Trinajstić information content (AvgIpc) is 2.39. The molecule has 1 aromatic heterocycles. The van der Waals surface area contributed by atoms with Gasteiger partial charge < -0.3 is 5.32 Å². The smallest absolute Gasteiger partial charge is 0.127 e. The standard InChI is InChI=1S/C14H15ClFN3/c1-9-7-19-14(8-18-9)13(17-2)5-10-3-4-11(15)6-12(10)16/h3-4,6-8,13,17H,5H2,1-2H3. The molecule has 1 atom stereocenters. The summed E-state index contributed by atoms with van der Waals surface area (Å²) in [5, 5.41) is 3.53. The number of aryl methyl sites for hydroxylation is 1. The van der Waals surface area contributed by atoms with Gasteiger partial charge in [-0.2, -0.15) is 0 Å². The summed E-state index contributed by atoms with van der Waals surface area (Å²) in [5.41, 5.74) is 2.25. The van der Waals surface area contributed by atoms with Crippen LogP contribution in [0.1, 0.15) is 23.0 Å². The van der Waals surface area contributed by atoms with Crippen LogP contribution in [0.4, 0.5) is 4.39 Å². The molecular weight excluding hydrogens is 265 g/mol. The zero-order valence-corrected chi connectivity index (χ0v) is 11.6. The summed E-state index contributed by atoms with van der Waals surface area (Å²) in [6, 6.07) is 4.63. The Morgan fingerprint density at radius 2 is 2.11 bits per heavy atom. The predicted molar refractivity (Wildman–Crippen MR) is 73.7 cm³/mol. The van der Waals surface area contributed by atoms with Crippen molar-refractivity contribution in [1.29, 1.82) is 0 Å². The monoisotopic (exact) mass is 279 g/mol. The van der Waals surface area contributed by atoms with Gasteiger partial charge in [0.05, 0.1) is 23.6 Å². The van der Waals surface area contributed by atoms with Crippen LogP contribution in [0.15, 0.2) is 30.6 Å². The van der Waals surface area contributed by atoms with Gasteiger partial charge in [-0.3, -0.25) is 9.97 Å². The fraction of sp³-hybridized carbons (Fsp3) is 0.286. The van der Waals surface area contributed by atoms with E-state index >= 15 is 0 Å². The van der Waals surface area contributed by atoms with Crippen LogP contribution in [0, 0.1) is 12.7 Å². The van der Waals surface area contributed by atoms with Gasteiger partial charge in [-0.25, -0.2) is 4.39 Å². The number of nitrogens with zero attached hydrogens (tertiary/aromatic N) is 2. The van der Waals surface area contributed by atoms with Gasteiger partial charge in [-0.1, -0.05) is 17.7 Å². The van der Waals surface area contributed by atoms with Crippen molar-refractivity contribution in [2.75, 3.05) is 7.05 Å². The van der Waals surface area contributed by atoms with E-state index in [1.54, 1.807) is 24.5 Å². The normalized spacial score (nSPS) is 12.4. The Bertz CT molecular complexity index is 557. The van der Waals surface area contributed by atoms with Crippen LogP contribution in [-0.4, -0.2) is 17.0 Å². The van der Waals surface area contributed by atoms with Crippen LogP contribution in [0.3, 0.4) is 0 Å². The van der Waals surface area contributed by atoms with E-state index in [-0.39, 0.29) is 11.9 Å². The van der Waals surface area contributed by atoms with E-state index in [1.807, 2.05) is 14.0 Å². The number of halogens is 2. The summed E-state index contributed by atoms with van der Waals surface area (Å²) >= 11 is 5.74. The Labute approximate surface area is 116 Å². The molecule has 0 spiro atoms. The number of hydrogen-bond acceptors (Lipinski definition) is 3. The van der Waals surface area contributed by atoms with Crippen molar-refractivity contribution in [3.05, 3.63) is 58.4 Å². The molecular formula is C14H15ClFN3. The van der Waals surface area contributed by atoms with Gasteiger partial charge in [0.15, 0.2) is 0 Å². The van der Waals surface area contributed by atoms with Gasteiger partial charge in [0.2, 0.25) is 0 Å². The number of benzene rings is 1. The molecule has 2 rings (SSSR count). The Morgan fingerprint density at radius 1 is 1.32 bits per heavy atom. The number of likely N-dealkylation sites (N-methyl/N-ethyl adjacent to an activating group) is 1. The SMILES string of the molecule is CNC(Cc1ccc(Cl)cc1F)c1cnc(C)cn1. The van der Waals surface area contributed by atoms with Crippen LogP contribution in [-0.2, 0) is 6.42 Å². The van der Waals surface area contributed by atoms with Gasteiger partial charge in [0.1, 0.15) is 5.82 Å². The predicted octanol–water partition coefficient (Wildman–Crippen LogP) is 3.08. The first-order valence-electron chi connectivity index (χ1n) is 6.00. The van der Waals surface area contributed by atoms with Crippen LogP contribution < -0.4 is 5.32 Å². The van der Waals surface area contributed by atoms with E-state index in [9.17, 15) is 4.39 Å². The largest absolute Gasteiger partial charge is 0.311 e. The topological polar surface area (TPSA) is 37.8 Å². The fourth-order valence-electron chi connectivity index (χ4n) is 1.84. The molecule has 0 aliphatic rings. The second-order valence-electron chi connectivity index (χ2n) is 4.36. The maximum Gasteiger partial charge on any atom is 0.127 e. The quantitative estimate of drug-likeness (QED) is 0.935. The average molecular weight is 280 g/mol. The highest BCUT2D eigenvalue weighted by molar-refractivity contribution is 6.30. The molecule has 0 radical (unpaired) electrons. The lowest BCUT2D eigenvalue weighted by Crippen LogP contribution is -2.20. The first-order chi connectivity index (χ1) is 9.10. The van der Waals surface area contributed by atoms with Crippen molar-refractivity contribution in [2.24, 2.45) is 0 Å².